The minimum Gasteiger partial charge on any atom is -0.497 e. The molecule has 0 amide bonds. The van der Waals surface area contributed by atoms with Crippen LogP contribution in [0.25, 0.3) is 21.9 Å². The number of hydrogen-bond acceptors (Lipinski definition) is 11. The maximum absolute atomic E-state index is 13.5. The number of piperidine rings is 1. The number of carbonyl (C=O) groups is 2. The molecule has 2 aromatic heterocycles. The fraction of sp³-hybridized carbons (Fsp3) is 0.415. The van der Waals surface area contributed by atoms with E-state index in [0.717, 1.165) is 48.2 Å². The number of nitrogens with one attached hydrogen (secondary N) is 1. The van der Waals surface area contributed by atoms with Crippen molar-refractivity contribution in [2.45, 2.75) is 37.5 Å². The largest absolute Gasteiger partial charge is 0.497 e. The molecule has 8 rings (SSSR count). The van der Waals surface area contributed by atoms with Crippen molar-refractivity contribution in [2.24, 2.45) is 17.8 Å². The molecule has 0 bridgehead atoms. The number of H-pyrrole nitrogens is 1. The summed E-state index contributed by atoms with van der Waals surface area (Å²) in [6.45, 7) is 1.68. The maximum atomic E-state index is 13.5. The molecule has 1 saturated heterocycles. The number of nitrogens with zero attached hydrogens (tertiary/aromatic N) is 1. The van der Waals surface area contributed by atoms with Gasteiger partial charge in [-0.2, -0.15) is 0 Å². The van der Waals surface area contributed by atoms with Gasteiger partial charge in [-0.05, 0) is 73.1 Å². The highest BCUT2D eigenvalue weighted by atomic mass is 16.6. The Hall–Kier alpha value is -5.20. The van der Waals surface area contributed by atoms with E-state index < -0.39 is 24.1 Å². The van der Waals surface area contributed by atoms with E-state index in [9.17, 15) is 9.59 Å². The molecular formula is C41H46N2O10. The standard InChI is InChI=1S/C33H40N2O9.C8H6O/c1-38-19-7-8-20-21-9-10-35-16-18-13-27(44-32(36)17-11-25(39-2)30(41-4)26(12-17)40-3)31(42-5)28(33(37)43-6)22(18)15-24(35)29(21)34-23(20)14-19;1-2-4-8-7(3-1)5-6-9-8/h7-8,11-12,14,18,22,24,27-28,31,34H,9-10,13,15-16H2,1-6H3;1-6H/t18-,22+,24-,27-,28+,31+;/m1./s1. The van der Waals surface area contributed by atoms with Gasteiger partial charge in [-0.15, -0.1) is 0 Å². The van der Waals surface area contributed by atoms with E-state index in [-0.39, 0.29) is 29.4 Å². The molecule has 3 aromatic carbocycles. The fourth-order valence-corrected chi connectivity index (χ4v) is 8.67. The summed E-state index contributed by atoms with van der Waals surface area (Å²) in [4.78, 5) is 33.1. The third-order valence-corrected chi connectivity index (χ3v) is 11.1. The van der Waals surface area contributed by atoms with E-state index in [4.69, 9.17) is 37.6 Å². The van der Waals surface area contributed by atoms with Crippen LogP contribution in [0, 0.1) is 17.8 Å². The molecule has 0 radical (unpaired) electrons. The summed E-state index contributed by atoms with van der Waals surface area (Å²) < 4.78 is 44.2. The Bertz CT molecular complexity index is 2030. The lowest BCUT2D eigenvalue weighted by Gasteiger charge is -2.52. The topological polar surface area (TPSA) is 131 Å². The van der Waals surface area contributed by atoms with Gasteiger partial charge in [0.2, 0.25) is 5.75 Å². The molecule has 6 atom stereocenters. The van der Waals surface area contributed by atoms with Gasteiger partial charge in [-0.25, -0.2) is 4.79 Å². The lowest BCUT2D eigenvalue weighted by atomic mass is 9.63. The molecule has 4 heterocycles. The quantitative estimate of drug-likeness (QED) is 0.174. The molecule has 2 fully saturated rings. The predicted octanol–water partition coefficient (Wildman–Crippen LogP) is 6.60. The summed E-state index contributed by atoms with van der Waals surface area (Å²) in [6, 6.07) is 19.3. The Morgan fingerprint density at radius 2 is 1.64 bits per heavy atom. The number of ether oxygens (including phenoxy) is 7. The van der Waals surface area contributed by atoms with Gasteiger partial charge in [0.1, 0.15) is 23.5 Å². The van der Waals surface area contributed by atoms with E-state index in [2.05, 4.69) is 16.0 Å². The summed E-state index contributed by atoms with van der Waals surface area (Å²) in [7, 11) is 9.10. The summed E-state index contributed by atoms with van der Waals surface area (Å²) in [5.74, 6) is 0.441. The number of rotatable bonds is 8. The van der Waals surface area contributed by atoms with E-state index in [1.807, 2.05) is 42.5 Å². The molecule has 2 aliphatic heterocycles. The van der Waals surface area contributed by atoms with Gasteiger partial charge >= 0.3 is 11.9 Å². The van der Waals surface area contributed by atoms with E-state index in [1.165, 1.54) is 45.1 Å². The lowest BCUT2D eigenvalue weighted by Crippen LogP contribution is -2.58. The first-order valence-electron chi connectivity index (χ1n) is 17.8. The van der Waals surface area contributed by atoms with Crippen LogP contribution in [0.3, 0.4) is 0 Å². The van der Waals surface area contributed by atoms with Gasteiger partial charge < -0.3 is 42.6 Å². The van der Waals surface area contributed by atoms with Gasteiger partial charge in [0.15, 0.2) is 11.5 Å². The SMILES string of the molecule is COC(=O)[C@H]1[C@H]2C[C@@H]3c4[nH]c5cc(OC)ccc5c4CCN3C[C@H]2C[C@@H](OC(=O)c2cc(OC)c(OC)c(OC)c2)[C@@H]1OC.c1ccc2occc2c1. The number of carbonyl (C=O) groups excluding carboxylic acids is 2. The van der Waals surface area contributed by atoms with Crippen molar-refractivity contribution in [1.82, 2.24) is 9.88 Å². The number of fused-ring (bicyclic) bond motifs is 7. The summed E-state index contributed by atoms with van der Waals surface area (Å²) >= 11 is 0. The number of aromatic amines is 1. The van der Waals surface area contributed by atoms with Crippen molar-refractivity contribution < 1.29 is 47.2 Å². The summed E-state index contributed by atoms with van der Waals surface area (Å²) in [6.07, 6.45) is 2.62. The third-order valence-electron chi connectivity index (χ3n) is 11.1. The molecule has 3 aliphatic rings. The van der Waals surface area contributed by atoms with Crippen LogP contribution >= 0.6 is 0 Å². The van der Waals surface area contributed by atoms with Gasteiger partial charge in [-0.3, -0.25) is 9.69 Å². The average molecular weight is 727 g/mol. The normalized spacial score (nSPS) is 23.4. The first-order chi connectivity index (χ1) is 25.8. The number of esters is 2. The van der Waals surface area contributed by atoms with Crippen LogP contribution in [-0.2, 0) is 25.4 Å². The monoisotopic (exact) mass is 726 g/mol. The van der Waals surface area contributed by atoms with Crippen molar-refractivity contribution in [2.75, 3.05) is 55.7 Å². The smallest absolute Gasteiger partial charge is 0.338 e. The van der Waals surface area contributed by atoms with Crippen LogP contribution < -0.4 is 18.9 Å². The number of para-hydroxylation sites is 1. The van der Waals surface area contributed by atoms with Gasteiger partial charge in [-0.1, -0.05) is 18.2 Å². The summed E-state index contributed by atoms with van der Waals surface area (Å²) in [5.41, 5.74) is 4.78. The molecule has 12 nitrogen and oxygen atoms in total. The molecule has 1 N–H and O–H groups in total. The molecule has 1 aliphatic carbocycles. The van der Waals surface area contributed by atoms with Crippen molar-refractivity contribution in [3.05, 3.63) is 83.7 Å². The van der Waals surface area contributed by atoms with Crippen molar-refractivity contribution in [3.8, 4) is 23.0 Å². The highest BCUT2D eigenvalue weighted by Gasteiger charge is 2.54. The van der Waals surface area contributed by atoms with Crippen LogP contribution in [-0.4, -0.2) is 89.8 Å². The number of furan rings is 1. The van der Waals surface area contributed by atoms with E-state index in [0.29, 0.717) is 23.7 Å². The van der Waals surface area contributed by atoms with Crippen LogP contribution in [0.1, 0.15) is 40.5 Å². The zero-order valence-electron chi connectivity index (χ0n) is 30.9. The van der Waals surface area contributed by atoms with Gasteiger partial charge in [0.05, 0.1) is 59.3 Å². The molecular weight excluding hydrogens is 680 g/mol. The lowest BCUT2D eigenvalue weighted by molar-refractivity contribution is -0.176. The fourth-order valence-electron chi connectivity index (χ4n) is 8.67. The second-order valence-corrected chi connectivity index (χ2v) is 13.7. The first kappa shape index (κ1) is 36.2. The molecule has 53 heavy (non-hydrogen) atoms. The van der Waals surface area contributed by atoms with Crippen molar-refractivity contribution in [1.29, 1.82) is 0 Å². The highest BCUT2D eigenvalue weighted by Crippen LogP contribution is 2.51. The Labute approximate surface area is 308 Å². The maximum Gasteiger partial charge on any atom is 0.338 e. The minimum atomic E-state index is -0.670. The molecule has 0 spiro atoms. The molecule has 1 saturated carbocycles. The Morgan fingerprint density at radius 1 is 0.868 bits per heavy atom. The first-order valence-corrected chi connectivity index (χ1v) is 17.8. The Morgan fingerprint density at radius 3 is 2.32 bits per heavy atom. The second kappa shape index (κ2) is 15.4. The van der Waals surface area contributed by atoms with Crippen molar-refractivity contribution >= 4 is 33.8 Å². The van der Waals surface area contributed by atoms with Gasteiger partial charge in [0.25, 0.3) is 0 Å². The zero-order valence-corrected chi connectivity index (χ0v) is 30.9. The second-order valence-electron chi connectivity index (χ2n) is 13.7. The van der Waals surface area contributed by atoms with Crippen LogP contribution in [0.5, 0.6) is 23.0 Å². The van der Waals surface area contributed by atoms with Crippen LogP contribution in [0.15, 0.2) is 71.3 Å². The number of benzene rings is 3. The predicted molar refractivity (Wildman–Crippen MR) is 197 cm³/mol. The molecule has 0 unspecified atom stereocenters. The molecule has 280 valence electrons. The zero-order chi connectivity index (χ0) is 37.2. The Balaban J connectivity index is 0.000000418. The summed E-state index contributed by atoms with van der Waals surface area (Å²) in [5, 5.41) is 2.38. The van der Waals surface area contributed by atoms with E-state index in [1.54, 1.807) is 32.6 Å². The molecule has 5 aromatic rings. The Kier molecular flexibility index (Phi) is 10.5. The highest BCUT2D eigenvalue weighted by molar-refractivity contribution is 5.91. The van der Waals surface area contributed by atoms with Gasteiger partial charge in [0, 0.05) is 48.2 Å². The minimum absolute atomic E-state index is 0.0170. The average Bonchev–Trinajstić information content (AvgIpc) is 3.83. The number of aromatic nitrogens is 1. The van der Waals surface area contributed by atoms with Crippen LogP contribution in [0.2, 0.25) is 0 Å². The number of hydrogen-bond donors (Lipinski definition) is 1. The third kappa shape index (κ3) is 6.77. The number of methoxy groups -OCH3 is 6. The van der Waals surface area contributed by atoms with E-state index >= 15 is 0 Å². The van der Waals surface area contributed by atoms with Crippen LogP contribution in [0.4, 0.5) is 0 Å². The molecule has 12 heteroatoms. The van der Waals surface area contributed by atoms with Crippen molar-refractivity contribution in [3.63, 3.8) is 0 Å².